The van der Waals surface area contributed by atoms with Crippen molar-refractivity contribution in [1.29, 1.82) is 0 Å². The summed E-state index contributed by atoms with van der Waals surface area (Å²) in [5.41, 5.74) is 1.71. The number of benzene rings is 1. The van der Waals surface area contributed by atoms with Gasteiger partial charge in [-0.05, 0) is 86.9 Å². The number of aliphatic hydroxyl groups is 1. The lowest BCUT2D eigenvalue weighted by atomic mass is 9.79. The van der Waals surface area contributed by atoms with E-state index in [-0.39, 0.29) is 6.42 Å². The number of ether oxygens (including phenoxy) is 1. The van der Waals surface area contributed by atoms with E-state index < -0.39 is 12.1 Å². The van der Waals surface area contributed by atoms with Crippen LogP contribution in [0.5, 0.6) is 5.75 Å². The molecule has 0 amide bonds. The molecular formula is C27H35N3O4S2. The first kappa shape index (κ1) is 26.9. The van der Waals surface area contributed by atoms with Crippen LogP contribution in [0.4, 0.5) is 0 Å². The summed E-state index contributed by atoms with van der Waals surface area (Å²) in [6.07, 6.45) is 7.55. The van der Waals surface area contributed by atoms with Crippen LogP contribution in [0.3, 0.4) is 0 Å². The maximum absolute atomic E-state index is 11.3. The molecule has 1 saturated heterocycles. The molecule has 9 heteroatoms. The third-order valence-electron chi connectivity index (χ3n) is 7.11. The molecule has 0 saturated carbocycles. The van der Waals surface area contributed by atoms with E-state index >= 15 is 0 Å². The Kier molecular flexibility index (Phi) is 9.98. The van der Waals surface area contributed by atoms with Crippen LogP contribution in [-0.2, 0) is 4.79 Å². The predicted molar refractivity (Wildman–Crippen MR) is 145 cm³/mol. The fourth-order valence-corrected chi connectivity index (χ4v) is 6.83. The molecule has 4 rings (SSSR count). The highest BCUT2D eigenvalue weighted by molar-refractivity contribution is 8.00. The third-order valence-corrected chi connectivity index (χ3v) is 9.16. The molecule has 3 aromatic rings. The fraction of sp³-hybridized carbons (Fsp3) is 0.519. The van der Waals surface area contributed by atoms with Gasteiger partial charge in [-0.3, -0.25) is 9.78 Å². The van der Waals surface area contributed by atoms with Gasteiger partial charge in [0.25, 0.3) is 0 Å². The molecule has 0 radical (unpaired) electrons. The Morgan fingerprint density at radius 1 is 1.25 bits per heavy atom. The molecule has 1 aliphatic rings. The van der Waals surface area contributed by atoms with Crippen LogP contribution in [0.25, 0.3) is 10.9 Å². The van der Waals surface area contributed by atoms with E-state index in [1.165, 1.54) is 0 Å². The van der Waals surface area contributed by atoms with Gasteiger partial charge in [0.15, 0.2) is 0 Å². The number of aliphatic hydroxyl groups excluding tert-OH is 1. The second kappa shape index (κ2) is 13.4. The van der Waals surface area contributed by atoms with Crippen molar-refractivity contribution in [2.24, 2.45) is 11.8 Å². The number of methoxy groups -OCH3 is 1. The number of carboxylic acids is 1. The summed E-state index contributed by atoms with van der Waals surface area (Å²) in [5.74, 6) is 1.81. The summed E-state index contributed by atoms with van der Waals surface area (Å²) in [7, 11) is 1.64. The molecule has 1 aliphatic heterocycles. The number of pyridine rings is 1. The molecular weight excluding hydrogens is 494 g/mol. The van der Waals surface area contributed by atoms with Crippen molar-refractivity contribution < 1.29 is 19.7 Å². The highest BCUT2D eigenvalue weighted by Crippen LogP contribution is 2.35. The first-order chi connectivity index (χ1) is 17.5. The highest BCUT2D eigenvalue weighted by Gasteiger charge is 2.30. The average Bonchev–Trinajstić information content (AvgIpc) is 3.42. The van der Waals surface area contributed by atoms with Crippen LogP contribution in [0.2, 0.25) is 0 Å². The molecule has 0 aliphatic carbocycles. The fourth-order valence-electron chi connectivity index (χ4n) is 5.20. The van der Waals surface area contributed by atoms with Gasteiger partial charge in [-0.15, -0.1) is 11.3 Å². The highest BCUT2D eigenvalue weighted by atomic mass is 32.2. The number of rotatable bonds is 13. The van der Waals surface area contributed by atoms with Gasteiger partial charge in [-0.2, -0.15) is 0 Å². The first-order valence-electron chi connectivity index (χ1n) is 12.6. The van der Waals surface area contributed by atoms with Crippen molar-refractivity contribution in [3.05, 3.63) is 47.6 Å². The third kappa shape index (κ3) is 7.41. The van der Waals surface area contributed by atoms with Gasteiger partial charge in [0, 0.05) is 41.9 Å². The van der Waals surface area contributed by atoms with Gasteiger partial charge in [-0.1, -0.05) is 11.8 Å². The number of fused-ring (bicyclic) bond motifs is 1. The van der Waals surface area contributed by atoms with Crippen LogP contribution in [0.1, 0.15) is 50.2 Å². The monoisotopic (exact) mass is 529 g/mol. The second-order valence-electron chi connectivity index (χ2n) is 9.42. The maximum Gasteiger partial charge on any atom is 0.303 e. The van der Waals surface area contributed by atoms with Crippen molar-refractivity contribution in [3.8, 4) is 5.75 Å². The molecule has 1 aromatic carbocycles. The largest absolute Gasteiger partial charge is 0.497 e. The molecule has 3 atom stereocenters. The van der Waals surface area contributed by atoms with E-state index in [0.29, 0.717) is 24.7 Å². The zero-order valence-electron chi connectivity index (χ0n) is 20.7. The number of thioether (sulfide) groups is 1. The van der Waals surface area contributed by atoms with Gasteiger partial charge < -0.3 is 19.8 Å². The number of thiazole rings is 1. The number of hydrogen-bond acceptors (Lipinski definition) is 8. The molecule has 3 heterocycles. The Bertz CT molecular complexity index is 1110. The normalized spacial score (nSPS) is 19.4. The molecule has 2 unspecified atom stereocenters. The Balaban J connectivity index is 1.33. The summed E-state index contributed by atoms with van der Waals surface area (Å²) < 4.78 is 6.49. The quantitative estimate of drug-likeness (QED) is 0.221. The van der Waals surface area contributed by atoms with Gasteiger partial charge in [0.05, 0.1) is 18.7 Å². The zero-order valence-corrected chi connectivity index (χ0v) is 22.3. The van der Waals surface area contributed by atoms with Gasteiger partial charge in [0.2, 0.25) is 0 Å². The van der Waals surface area contributed by atoms with E-state index in [4.69, 9.17) is 4.74 Å². The van der Waals surface area contributed by atoms with Crippen molar-refractivity contribution >= 4 is 40.0 Å². The van der Waals surface area contributed by atoms with E-state index in [1.54, 1.807) is 36.4 Å². The zero-order chi connectivity index (χ0) is 25.3. The smallest absolute Gasteiger partial charge is 0.303 e. The molecule has 36 heavy (non-hydrogen) atoms. The van der Waals surface area contributed by atoms with E-state index in [2.05, 4.69) is 14.9 Å². The number of aliphatic carboxylic acids is 1. The summed E-state index contributed by atoms with van der Waals surface area (Å²) in [6, 6.07) is 7.62. The van der Waals surface area contributed by atoms with Crippen molar-refractivity contribution in [2.45, 2.75) is 49.0 Å². The Labute approximate surface area is 220 Å². The van der Waals surface area contributed by atoms with Crippen LogP contribution in [0, 0.1) is 11.8 Å². The van der Waals surface area contributed by atoms with E-state index in [0.717, 1.165) is 71.2 Å². The molecule has 2 aromatic heterocycles. The van der Waals surface area contributed by atoms with Gasteiger partial charge >= 0.3 is 5.97 Å². The first-order valence-corrected chi connectivity index (χ1v) is 14.5. The van der Waals surface area contributed by atoms with Gasteiger partial charge in [0.1, 0.15) is 10.1 Å². The number of aromatic nitrogens is 2. The molecule has 194 valence electrons. The van der Waals surface area contributed by atoms with Crippen molar-refractivity contribution in [2.75, 3.05) is 32.5 Å². The standard InChI is InChI=1S/C27H35N3O4S2/c1-34-21-5-6-24-23(17-21)22(9-11-28-24)25(31)7-3-19-10-14-30(18-20(19)4-8-26(32)33)13-2-15-35-27-29-12-16-36-27/h5-6,9,11-12,16-17,19-20,25,31H,2-4,7-8,10,13-15,18H2,1H3,(H,32,33)/t19?,20?,25-/m0/s1. The number of carboxylic acid groups (broad SMARTS) is 1. The van der Waals surface area contributed by atoms with E-state index in [9.17, 15) is 15.0 Å². The predicted octanol–water partition coefficient (Wildman–Crippen LogP) is 5.50. The summed E-state index contributed by atoms with van der Waals surface area (Å²) >= 11 is 3.49. The second-order valence-corrected chi connectivity index (χ2v) is 11.7. The Morgan fingerprint density at radius 2 is 2.14 bits per heavy atom. The van der Waals surface area contributed by atoms with Crippen LogP contribution < -0.4 is 4.74 Å². The summed E-state index contributed by atoms with van der Waals surface area (Å²) in [5, 5.41) is 23.3. The van der Waals surface area contributed by atoms with Crippen LogP contribution in [-0.4, -0.2) is 63.5 Å². The number of likely N-dealkylation sites (tertiary alicyclic amines) is 1. The number of carbonyl (C=O) groups is 1. The SMILES string of the molecule is COc1ccc2nccc([C@@H](O)CCC3CCN(CCCSc4nccs4)CC3CCC(=O)O)c2c1. The minimum absolute atomic E-state index is 0.201. The lowest BCUT2D eigenvalue weighted by Crippen LogP contribution is -2.41. The Hall–Kier alpha value is -2.20. The lowest BCUT2D eigenvalue weighted by molar-refractivity contribution is -0.137. The number of nitrogens with zero attached hydrogens (tertiary/aromatic N) is 3. The number of piperidine rings is 1. The molecule has 2 N–H and O–H groups in total. The van der Waals surface area contributed by atoms with Crippen molar-refractivity contribution in [3.63, 3.8) is 0 Å². The molecule has 7 nitrogen and oxygen atoms in total. The number of hydrogen-bond donors (Lipinski definition) is 2. The van der Waals surface area contributed by atoms with Gasteiger partial charge in [-0.25, -0.2) is 4.98 Å². The van der Waals surface area contributed by atoms with Crippen LogP contribution in [0.15, 0.2) is 46.4 Å². The molecule has 1 fully saturated rings. The van der Waals surface area contributed by atoms with E-state index in [1.807, 2.05) is 35.8 Å². The molecule has 0 spiro atoms. The summed E-state index contributed by atoms with van der Waals surface area (Å²) in [6.45, 7) is 3.00. The molecule has 0 bridgehead atoms. The van der Waals surface area contributed by atoms with Crippen molar-refractivity contribution in [1.82, 2.24) is 14.9 Å². The summed E-state index contributed by atoms with van der Waals surface area (Å²) in [4.78, 5) is 22.5. The minimum Gasteiger partial charge on any atom is -0.497 e. The maximum atomic E-state index is 11.3. The minimum atomic E-state index is -0.733. The lowest BCUT2D eigenvalue weighted by Gasteiger charge is -2.39. The average molecular weight is 530 g/mol. The Morgan fingerprint density at radius 3 is 2.92 bits per heavy atom. The van der Waals surface area contributed by atoms with Crippen LogP contribution >= 0.6 is 23.1 Å². The topological polar surface area (TPSA) is 95.8 Å².